The minimum Gasteiger partial charge on any atom is -0.394 e. The summed E-state index contributed by atoms with van der Waals surface area (Å²) in [5.41, 5.74) is 0.835. The Hall–Kier alpha value is -0.570. The van der Waals surface area contributed by atoms with Crippen molar-refractivity contribution in [2.75, 3.05) is 6.61 Å². The van der Waals surface area contributed by atoms with Gasteiger partial charge in [-0.05, 0) is 25.5 Å². The fourth-order valence-electron chi connectivity index (χ4n) is 0.988. The Bertz CT molecular complexity index is 299. The molecule has 0 aromatic heterocycles. The summed E-state index contributed by atoms with van der Waals surface area (Å²) in [6.45, 7) is 4.70. The van der Waals surface area contributed by atoms with Gasteiger partial charge in [-0.2, -0.15) is 0 Å². The van der Waals surface area contributed by atoms with Crippen molar-refractivity contribution in [2.24, 2.45) is 0 Å². The zero-order valence-corrected chi connectivity index (χ0v) is 9.23. The van der Waals surface area contributed by atoms with Crippen LogP contribution in [0.2, 0.25) is 5.02 Å². The monoisotopic (exact) mass is 212 g/mol. The Morgan fingerprint density at radius 3 is 2.86 bits per heavy atom. The highest BCUT2D eigenvalue weighted by atomic mass is 35.5. The third kappa shape index (κ3) is 3.66. The molecular weight excluding hydrogens is 198 g/mol. The van der Waals surface area contributed by atoms with Crippen molar-refractivity contribution in [3.63, 3.8) is 0 Å². The molecule has 1 radical (unpaired) electrons. The van der Waals surface area contributed by atoms with Crippen molar-refractivity contribution >= 4 is 11.6 Å². The van der Waals surface area contributed by atoms with E-state index < -0.39 is 0 Å². The highest BCUT2D eigenvalue weighted by Crippen LogP contribution is 2.11. The number of halogens is 1. The van der Waals surface area contributed by atoms with Gasteiger partial charge in [0.25, 0.3) is 0 Å². The second-order valence-corrected chi connectivity index (χ2v) is 4.35. The summed E-state index contributed by atoms with van der Waals surface area (Å²) in [6.07, 6.45) is 0. The zero-order valence-electron chi connectivity index (χ0n) is 8.47. The standard InChI is InChI=1S/C11H15ClNO/c1-11(2,8-14)13-7-9-4-3-5-10(12)6-9/h3-4,6,13-14H,7-8H2,1-2H3. The van der Waals surface area contributed by atoms with E-state index in [2.05, 4.69) is 11.4 Å². The molecule has 77 valence electrons. The summed E-state index contributed by atoms with van der Waals surface area (Å²) in [4.78, 5) is 0. The molecule has 1 aromatic carbocycles. The molecule has 0 saturated heterocycles. The molecule has 1 rings (SSSR count). The number of nitrogens with one attached hydrogen (secondary N) is 1. The van der Waals surface area contributed by atoms with Crippen LogP contribution in [-0.4, -0.2) is 17.3 Å². The number of rotatable bonds is 4. The van der Waals surface area contributed by atoms with Crippen molar-refractivity contribution in [3.05, 3.63) is 34.9 Å². The third-order valence-corrected chi connectivity index (χ3v) is 2.22. The first-order chi connectivity index (χ1) is 6.53. The molecule has 3 heteroatoms. The first kappa shape index (κ1) is 11.5. The van der Waals surface area contributed by atoms with Crippen LogP contribution in [0.3, 0.4) is 0 Å². The fourth-order valence-corrected chi connectivity index (χ4v) is 1.19. The lowest BCUT2D eigenvalue weighted by molar-refractivity contribution is 0.187. The molecule has 0 spiro atoms. The minimum absolute atomic E-state index is 0.111. The molecular formula is C11H15ClNO. The quantitative estimate of drug-likeness (QED) is 0.800. The SMILES string of the molecule is CC(C)(CO)NCc1cc[c]c(Cl)c1. The average molecular weight is 213 g/mol. The van der Waals surface area contributed by atoms with Gasteiger partial charge in [0.15, 0.2) is 0 Å². The van der Waals surface area contributed by atoms with Crippen molar-refractivity contribution in [1.29, 1.82) is 0 Å². The van der Waals surface area contributed by atoms with E-state index in [0.29, 0.717) is 11.6 Å². The molecule has 2 N–H and O–H groups in total. The van der Waals surface area contributed by atoms with Gasteiger partial charge < -0.3 is 10.4 Å². The van der Waals surface area contributed by atoms with Crippen LogP contribution in [0.15, 0.2) is 18.2 Å². The van der Waals surface area contributed by atoms with Crippen LogP contribution in [0.5, 0.6) is 0 Å². The van der Waals surface area contributed by atoms with Gasteiger partial charge in [0.1, 0.15) is 0 Å². The van der Waals surface area contributed by atoms with Gasteiger partial charge in [0, 0.05) is 23.2 Å². The van der Waals surface area contributed by atoms with Crippen molar-refractivity contribution in [3.8, 4) is 0 Å². The number of aliphatic hydroxyl groups is 1. The molecule has 0 bridgehead atoms. The van der Waals surface area contributed by atoms with Gasteiger partial charge in [-0.25, -0.2) is 0 Å². The maximum Gasteiger partial charge on any atom is 0.0607 e. The lowest BCUT2D eigenvalue weighted by Gasteiger charge is -2.23. The molecule has 0 aliphatic heterocycles. The summed E-state index contributed by atoms with van der Waals surface area (Å²) >= 11 is 5.80. The summed E-state index contributed by atoms with van der Waals surface area (Å²) in [5.74, 6) is 0. The van der Waals surface area contributed by atoms with Crippen LogP contribution in [0, 0.1) is 6.07 Å². The molecule has 0 atom stereocenters. The van der Waals surface area contributed by atoms with E-state index >= 15 is 0 Å². The van der Waals surface area contributed by atoms with Crippen molar-refractivity contribution < 1.29 is 5.11 Å². The highest BCUT2D eigenvalue weighted by Gasteiger charge is 2.14. The summed E-state index contributed by atoms with van der Waals surface area (Å²) in [5, 5.41) is 12.9. The Labute approximate surface area is 89.9 Å². The van der Waals surface area contributed by atoms with Crippen LogP contribution in [0.25, 0.3) is 0 Å². The molecule has 0 aliphatic rings. The predicted molar refractivity (Wildman–Crippen MR) is 58.3 cm³/mol. The highest BCUT2D eigenvalue weighted by molar-refractivity contribution is 6.30. The third-order valence-electron chi connectivity index (χ3n) is 2.00. The minimum atomic E-state index is -0.258. The van der Waals surface area contributed by atoms with E-state index in [0.717, 1.165) is 5.56 Å². The van der Waals surface area contributed by atoms with E-state index in [1.54, 1.807) is 6.07 Å². The van der Waals surface area contributed by atoms with Gasteiger partial charge in [-0.1, -0.05) is 23.7 Å². The normalized spacial score (nSPS) is 11.7. The average Bonchev–Trinajstić information content (AvgIpc) is 2.15. The van der Waals surface area contributed by atoms with Gasteiger partial charge in [0.2, 0.25) is 0 Å². The number of aliphatic hydroxyl groups excluding tert-OH is 1. The van der Waals surface area contributed by atoms with Crippen molar-refractivity contribution in [2.45, 2.75) is 25.9 Å². The molecule has 0 amide bonds. The molecule has 0 fully saturated rings. The van der Waals surface area contributed by atoms with Crippen LogP contribution in [0.4, 0.5) is 0 Å². The first-order valence-corrected chi connectivity index (χ1v) is 4.93. The Balaban J connectivity index is 2.54. The number of hydrogen-bond donors (Lipinski definition) is 2. The smallest absolute Gasteiger partial charge is 0.0607 e. The molecule has 0 heterocycles. The number of hydrogen-bond acceptors (Lipinski definition) is 2. The lowest BCUT2D eigenvalue weighted by Crippen LogP contribution is -2.42. The van der Waals surface area contributed by atoms with Crippen LogP contribution < -0.4 is 5.32 Å². The van der Waals surface area contributed by atoms with E-state index in [1.165, 1.54) is 0 Å². The topological polar surface area (TPSA) is 32.3 Å². The van der Waals surface area contributed by atoms with E-state index in [9.17, 15) is 0 Å². The Kier molecular flexibility index (Phi) is 3.93. The van der Waals surface area contributed by atoms with Gasteiger partial charge in [0.05, 0.1) is 6.61 Å². The second-order valence-electron chi connectivity index (χ2n) is 3.94. The maximum absolute atomic E-state index is 9.03. The second kappa shape index (κ2) is 4.78. The lowest BCUT2D eigenvalue weighted by atomic mass is 10.1. The van der Waals surface area contributed by atoms with Crippen LogP contribution >= 0.6 is 11.6 Å². The van der Waals surface area contributed by atoms with E-state index in [4.69, 9.17) is 16.7 Å². The maximum atomic E-state index is 9.03. The molecule has 0 aliphatic carbocycles. The Morgan fingerprint density at radius 2 is 2.29 bits per heavy atom. The zero-order chi connectivity index (χ0) is 10.6. The molecule has 14 heavy (non-hydrogen) atoms. The van der Waals surface area contributed by atoms with Gasteiger partial charge in [-0.15, -0.1) is 0 Å². The summed E-state index contributed by atoms with van der Waals surface area (Å²) < 4.78 is 0. The molecule has 1 aromatic rings. The first-order valence-electron chi connectivity index (χ1n) is 4.55. The van der Waals surface area contributed by atoms with Crippen molar-refractivity contribution in [1.82, 2.24) is 5.32 Å². The summed E-state index contributed by atoms with van der Waals surface area (Å²) in [6, 6.07) is 8.48. The largest absolute Gasteiger partial charge is 0.394 e. The molecule has 0 saturated carbocycles. The van der Waals surface area contributed by atoms with Gasteiger partial charge in [-0.3, -0.25) is 0 Å². The van der Waals surface area contributed by atoms with Crippen LogP contribution in [-0.2, 0) is 6.54 Å². The van der Waals surface area contributed by atoms with E-state index in [1.807, 2.05) is 26.0 Å². The Morgan fingerprint density at radius 1 is 1.57 bits per heavy atom. The molecule has 2 nitrogen and oxygen atoms in total. The van der Waals surface area contributed by atoms with Crippen LogP contribution in [0.1, 0.15) is 19.4 Å². The fraction of sp³-hybridized carbons (Fsp3) is 0.455. The summed E-state index contributed by atoms with van der Waals surface area (Å²) in [7, 11) is 0. The number of benzene rings is 1. The van der Waals surface area contributed by atoms with Gasteiger partial charge >= 0.3 is 0 Å². The predicted octanol–water partition coefficient (Wildman–Crippen LogP) is 2.00. The molecule has 0 unspecified atom stereocenters. The van der Waals surface area contributed by atoms with E-state index in [-0.39, 0.29) is 12.1 Å².